The minimum Gasteiger partial charge on any atom is -0.462 e. The van der Waals surface area contributed by atoms with Gasteiger partial charge in [0.1, 0.15) is 4.32 Å². The van der Waals surface area contributed by atoms with Crippen LogP contribution in [0.1, 0.15) is 51.9 Å². The van der Waals surface area contributed by atoms with E-state index in [2.05, 4.69) is 9.88 Å². The Morgan fingerprint density at radius 3 is 2.43 bits per heavy atom. The number of thioether (sulfide) groups is 1. The Balaban J connectivity index is 2.09. The monoisotopic (exact) mass is 354 g/mol. The Morgan fingerprint density at radius 1 is 1.22 bits per heavy atom. The number of rotatable bonds is 5. The van der Waals surface area contributed by atoms with Gasteiger partial charge in [-0.25, -0.2) is 4.79 Å². The van der Waals surface area contributed by atoms with Gasteiger partial charge in [-0.15, -0.1) is 0 Å². The van der Waals surface area contributed by atoms with Crippen LogP contribution in [0.4, 0.5) is 0 Å². The molecular weight excluding hydrogens is 332 g/mol. The quantitative estimate of drug-likeness (QED) is 0.498. The number of thiocarbonyl (C=S) groups is 1. The fourth-order valence-electron chi connectivity index (χ4n) is 2.78. The molecule has 7 heteroatoms. The summed E-state index contributed by atoms with van der Waals surface area (Å²) in [5.74, 6) is -0.314. The molecule has 0 atom stereocenters. The molecule has 23 heavy (non-hydrogen) atoms. The molecule has 0 bridgehead atoms. The Labute approximate surface area is 146 Å². The normalized spacial score (nSPS) is 14.1. The maximum absolute atomic E-state index is 12.6. The van der Waals surface area contributed by atoms with Crippen molar-refractivity contribution in [1.82, 2.24) is 9.88 Å². The zero-order chi connectivity index (χ0) is 17.0. The fourth-order valence-corrected chi connectivity index (χ4v) is 3.90. The molecule has 126 valence electrons. The predicted octanol–water partition coefficient (Wildman–Crippen LogP) is 3.10. The van der Waals surface area contributed by atoms with E-state index in [1.54, 1.807) is 20.8 Å². The van der Waals surface area contributed by atoms with E-state index in [1.807, 2.05) is 0 Å². The summed E-state index contributed by atoms with van der Waals surface area (Å²) in [6, 6.07) is 0. The van der Waals surface area contributed by atoms with Gasteiger partial charge in [-0.3, -0.25) is 4.79 Å². The van der Waals surface area contributed by atoms with Crippen molar-refractivity contribution in [3.63, 3.8) is 0 Å². The van der Waals surface area contributed by atoms with Gasteiger partial charge in [0.05, 0.1) is 23.5 Å². The van der Waals surface area contributed by atoms with E-state index in [-0.39, 0.29) is 18.1 Å². The number of nitrogens with one attached hydrogen (secondary N) is 1. The molecule has 1 saturated heterocycles. The van der Waals surface area contributed by atoms with Crippen molar-refractivity contribution in [2.75, 3.05) is 25.4 Å². The number of carbonyl (C=O) groups excluding carboxylic acids is 2. The second-order valence-electron chi connectivity index (χ2n) is 5.52. The van der Waals surface area contributed by atoms with Crippen LogP contribution >= 0.6 is 24.0 Å². The third-order valence-electron chi connectivity index (χ3n) is 3.82. The van der Waals surface area contributed by atoms with Crippen LogP contribution in [0, 0.1) is 13.8 Å². The highest BCUT2D eigenvalue weighted by atomic mass is 32.2. The topological polar surface area (TPSA) is 62.4 Å². The molecule has 0 aliphatic carbocycles. The van der Waals surface area contributed by atoms with Crippen LogP contribution in [-0.4, -0.2) is 51.4 Å². The summed E-state index contributed by atoms with van der Waals surface area (Å²) >= 11 is 6.75. The number of aromatic amines is 1. The predicted molar refractivity (Wildman–Crippen MR) is 96.4 cm³/mol. The molecule has 1 aromatic rings. The third-order valence-corrected chi connectivity index (χ3v) is 5.35. The number of hydrogen-bond acceptors (Lipinski definition) is 5. The molecule has 0 unspecified atom stereocenters. The first kappa shape index (κ1) is 18.0. The summed E-state index contributed by atoms with van der Waals surface area (Å²) in [5.41, 5.74) is 2.14. The van der Waals surface area contributed by atoms with Crippen LogP contribution < -0.4 is 0 Å². The van der Waals surface area contributed by atoms with E-state index in [9.17, 15) is 9.59 Å². The summed E-state index contributed by atoms with van der Waals surface area (Å²) in [5, 5.41) is 0. The van der Waals surface area contributed by atoms with E-state index in [4.69, 9.17) is 17.0 Å². The maximum atomic E-state index is 12.6. The van der Waals surface area contributed by atoms with Crippen molar-refractivity contribution in [3.05, 3.63) is 22.5 Å². The summed E-state index contributed by atoms with van der Waals surface area (Å²) in [7, 11) is 0. The minimum atomic E-state index is -0.454. The van der Waals surface area contributed by atoms with E-state index < -0.39 is 5.97 Å². The van der Waals surface area contributed by atoms with Crippen LogP contribution in [0.15, 0.2) is 0 Å². The number of carbonyl (C=O) groups is 2. The molecule has 1 aromatic heterocycles. The Morgan fingerprint density at radius 2 is 1.83 bits per heavy atom. The highest BCUT2D eigenvalue weighted by molar-refractivity contribution is 8.23. The average molecular weight is 354 g/mol. The van der Waals surface area contributed by atoms with Gasteiger partial charge < -0.3 is 14.6 Å². The van der Waals surface area contributed by atoms with Gasteiger partial charge in [0.2, 0.25) is 0 Å². The SMILES string of the molecule is CCOC(=O)c1c(C)[nH]c(C)c1C(=O)CSC(=S)N1CCCC1. The lowest BCUT2D eigenvalue weighted by atomic mass is 10.1. The Hall–Kier alpha value is -1.34. The zero-order valence-electron chi connectivity index (χ0n) is 13.7. The first-order valence-corrected chi connectivity index (χ1v) is 9.16. The van der Waals surface area contributed by atoms with Crippen molar-refractivity contribution >= 4 is 40.1 Å². The first-order valence-electron chi connectivity index (χ1n) is 7.76. The van der Waals surface area contributed by atoms with Crippen molar-refractivity contribution in [3.8, 4) is 0 Å². The molecule has 5 nitrogen and oxygen atoms in total. The number of H-pyrrole nitrogens is 1. The standard InChI is InChI=1S/C16H22N2O3S2/c1-4-21-15(20)14-11(3)17-10(2)13(14)12(19)9-23-16(22)18-7-5-6-8-18/h17H,4-9H2,1-3H3. The van der Waals surface area contributed by atoms with E-state index in [1.165, 1.54) is 11.8 Å². The number of ketones is 1. The lowest BCUT2D eigenvalue weighted by Gasteiger charge is -2.17. The van der Waals surface area contributed by atoms with Crippen molar-refractivity contribution in [2.45, 2.75) is 33.6 Å². The van der Waals surface area contributed by atoms with E-state index in [0.29, 0.717) is 22.5 Å². The smallest absolute Gasteiger partial charge is 0.340 e. The van der Waals surface area contributed by atoms with Gasteiger partial charge in [0.25, 0.3) is 0 Å². The number of ether oxygens (including phenoxy) is 1. The summed E-state index contributed by atoms with van der Waals surface area (Å²) in [4.78, 5) is 29.9. The lowest BCUT2D eigenvalue weighted by molar-refractivity contribution is 0.0522. The minimum absolute atomic E-state index is 0.0959. The molecule has 1 N–H and O–H groups in total. The molecule has 1 aliphatic rings. The fraction of sp³-hybridized carbons (Fsp3) is 0.562. The highest BCUT2D eigenvalue weighted by Crippen LogP contribution is 2.23. The maximum Gasteiger partial charge on any atom is 0.340 e. The van der Waals surface area contributed by atoms with Crippen LogP contribution in [0.25, 0.3) is 0 Å². The van der Waals surface area contributed by atoms with Crippen LogP contribution in [0.5, 0.6) is 0 Å². The molecule has 0 amide bonds. The largest absolute Gasteiger partial charge is 0.462 e. The average Bonchev–Trinajstić information content (AvgIpc) is 3.12. The second-order valence-corrected chi connectivity index (χ2v) is 7.13. The van der Waals surface area contributed by atoms with Gasteiger partial charge in [0, 0.05) is 24.5 Å². The Kier molecular flexibility index (Phi) is 6.24. The summed E-state index contributed by atoms with van der Waals surface area (Å²) < 4.78 is 5.83. The van der Waals surface area contributed by atoms with Gasteiger partial charge in [-0.1, -0.05) is 24.0 Å². The first-order chi connectivity index (χ1) is 11.0. The number of aromatic nitrogens is 1. The number of hydrogen-bond donors (Lipinski definition) is 1. The lowest BCUT2D eigenvalue weighted by Crippen LogP contribution is -2.24. The van der Waals surface area contributed by atoms with Crippen molar-refractivity contribution in [2.24, 2.45) is 0 Å². The van der Waals surface area contributed by atoms with Crippen LogP contribution in [-0.2, 0) is 4.74 Å². The summed E-state index contributed by atoms with van der Waals surface area (Å²) in [6.07, 6.45) is 2.30. The summed E-state index contributed by atoms with van der Waals surface area (Å²) in [6.45, 7) is 7.54. The molecule has 0 spiro atoms. The van der Waals surface area contributed by atoms with Crippen molar-refractivity contribution in [1.29, 1.82) is 0 Å². The van der Waals surface area contributed by atoms with Crippen LogP contribution in [0.2, 0.25) is 0 Å². The van der Waals surface area contributed by atoms with E-state index >= 15 is 0 Å². The number of Topliss-reactive ketones (excluding diaryl/α,β-unsaturated/α-hetero) is 1. The molecule has 0 radical (unpaired) electrons. The van der Waals surface area contributed by atoms with Crippen molar-refractivity contribution < 1.29 is 14.3 Å². The molecule has 1 fully saturated rings. The van der Waals surface area contributed by atoms with Gasteiger partial charge in [0.15, 0.2) is 5.78 Å². The zero-order valence-corrected chi connectivity index (χ0v) is 15.4. The number of esters is 1. The molecule has 1 aliphatic heterocycles. The van der Waals surface area contributed by atoms with Gasteiger partial charge >= 0.3 is 5.97 Å². The van der Waals surface area contributed by atoms with Gasteiger partial charge in [-0.05, 0) is 33.6 Å². The molecule has 2 heterocycles. The third kappa shape index (κ3) is 4.14. The molecular formula is C16H22N2O3S2. The number of nitrogens with zero attached hydrogens (tertiary/aromatic N) is 1. The van der Waals surface area contributed by atoms with Crippen LogP contribution in [0.3, 0.4) is 0 Å². The highest BCUT2D eigenvalue weighted by Gasteiger charge is 2.26. The molecule has 0 aromatic carbocycles. The molecule has 0 saturated carbocycles. The van der Waals surface area contributed by atoms with E-state index in [0.717, 1.165) is 30.3 Å². The Bertz CT molecular complexity index is 619. The number of aryl methyl sites for hydroxylation is 2. The molecule has 2 rings (SSSR count). The number of likely N-dealkylation sites (tertiary alicyclic amines) is 1. The van der Waals surface area contributed by atoms with Gasteiger partial charge in [-0.2, -0.15) is 0 Å². The second kappa shape index (κ2) is 7.97.